The average molecular weight is 180 g/mol. The third-order valence-corrected chi connectivity index (χ3v) is 2.53. The molecule has 0 aromatic rings. The molecule has 0 heteroatoms. The Morgan fingerprint density at radius 3 is 2.31 bits per heavy atom. The minimum absolute atomic E-state index is 0.461. The molecule has 0 aromatic carbocycles. The van der Waals surface area contributed by atoms with Crippen LogP contribution in [0.4, 0.5) is 0 Å². The van der Waals surface area contributed by atoms with Crippen LogP contribution >= 0.6 is 0 Å². The van der Waals surface area contributed by atoms with Crippen molar-refractivity contribution in [3.8, 4) is 0 Å². The van der Waals surface area contributed by atoms with Gasteiger partial charge in [0.05, 0.1) is 0 Å². The van der Waals surface area contributed by atoms with Gasteiger partial charge in [-0.2, -0.15) is 0 Å². The lowest BCUT2D eigenvalue weighted by Gasteiger charge is -2.19. The summed E-state index contributed by atoms with van der Waals surface area (Å²) in [5.41, 5.74) is 1.85. The molecular formula is C13H24. The highest BCUT2D eigenvalue weighted by Crippen LogP contribution is 2.24. The highest BCUT2D eigenvalue weighted by molar-refractivity contribution is 5.15. The molecule has 0 aliphatic carbocycles. The number of rotatable bonds is 5. The van der Waals surface area contributed by atoms with E-state index in [-0.39, 0.29) is 0 Å². The van der Waals surface area contributed by atoms with E-state index in [0.717, 1.165) is 6.42 Å². The summed E-state index contributed by atoms with van der Waals surface area (Å²) in [5.74, 6) is 0. The van der Waals surface area contributed by atoms with E-state index in [4.69, 9.17) is 0 Å². The maximum Gasteiger partial charge on any atom is -0.0296 e. The molecule has 0 aliphatic rings. The van der Waals surface area contributed by atoms with Crippen LogP contribution in [-0.2, 0) is 0 Å². The molecule has 0 unspecified atom stereocenters. The van der Waals surface area contributed by atoms with E-state index in [1.807, 2.05) is 0 Å². The second kappa shape index (κ2) is 6.01. The molecular weight excluding hydrogens is 156 g/mol. The van der Waals surface area contributed by atoms with Gasteiger partial charge < -0.3 is 0 Å². The number of hydrogen-bond donors (Lipinski definition) is 0. The van der Waals surface area contributed by atoms with Crippen LogP contribution in [0, 0.1) is 5.41 Å². The maximum atomic E-state index is 2.32. The average Bonchev–Trinajstić information content (AvgIpc) is 2.05. The largest absolute Gasteiger partial charge is 0.0838 e. The predicted octanol–water partition coefficient (Wildman–Crippen LogP) is 4.73. The van der Waals surface area contributed by atoms with Crippen molar-refractivity contribution in [2.75, 3.05) is 0 Å². The van der Waals surface area contributed by atoms with Crippen LogP contribution in [0.1, 0.15) is 53.9 Å². The summed E-state index contributed by atoms with van der Waals surface area (Å²) in [4.78, 5) is 0. The normalized spacial score (nSPS) is 14.1. The van der Waals surface area contributed by atoms with Crippen LogP contribution < -0.4 is 0 Å². The van der Waals surface area contributed by atoms with E-state index in [2.05, 4.69) is 52.8 Å². The lowest BCUT2D eigenvalue weighted by atomic mass is 9.86. The molecule has 76 valence electrons. The summed E-state index contributed by atoms with van der Waals surface area (Å²) in [6, 6.07) is 0. The SMILES string of the molecule is CC/C=C(C)\C=C/CC(C)(C)CC. The fourth-order valence-electron chi connectivity index (χ4n) is 1.10. The molecule has 0 fully saturated rings. The summed E-state index contributed by atoms with van der Waals surface area (Å²) in [7, 11) is 0. The first-order valence-electron chi connectivity index (χ1n) is 5.35. The van der Waals surface area contributed by atoms with Gasteiger partial charge in [0.15, 0.2) is 0 Å². The van der Waals surface area contributed by atoms with Gasteiger partial charge in [0.1, 0.15) is 0 Å². The van der Waals surface area contributed by atoms with Crippen LogP contribution in [0.3, 0.4) is 0 Å². The summed E-state index contributed by atoms with van der Waals surface area (Å²) < 4.78 is 0. The third kappa shape index (κ3) is 6.62. The van der Waals surface area contributed by atoms with Gasteiger partial charge in [-0.05, 0) is 25.2 Å². The van der Waals surface area contributed by atoms with Gasteiger partial charge in [-0.15, -0.1) is 0 Å². The van der Waals surface area contributed by atoms with Gasteiger partial charge in [-0.1, -0.05) is 57.9 Å². The zero-order chi connectivity index (χ0) is 10.3. The second-order valence-electron chi connectivity index (χ2n) is 4.48. The van der Waals surface area contributed by atoms with Crippen LogP contribution in [0.15, 0.2) is 23.8 Å². The van der Waals surface area contributed by atoms with Crippen molar-refractivity contribution in [2.45, 2.75) is 53.9 Å². The van der Waals surface area contributed by atoms with E-state index < -0.39 is 0 Å². The zero-order valence-corrected chi connectivity index (χ0v) is 9.85. The van der Waals surface area contributed by atoms with Gasteiger partial charge in [0.25, 0.3) is 0 Å². The maximum absolute atomic E-state index is 2.32. The van der Waals surface area contributed by atoms with Crippen LogP contribution in [-0.4, -0.2) is 0 Å². The van der Waals surface area contributed by atoms with Crippen molar-refractivity contribution in [1.82, 2.24) is 0 Å². The highest BCUT2D eigenvalue weighted by atomic mass is 14.2. The molecule has 0 heterocycles. The van der Waals surface area contributed by atoms with Crippen molar-refractivity contribution in [1.29, 1.82) is 0 Å². The molecule has 0 N–H and O–H groups in total. The van der Waals surface area contributed by atoms with Gasteiger partial charge >= 0.3 is 0 Å². The molecule has 0 atom stereocenters. The smallest absolute Gasteiger partial charge is 0.0296 e. The first-order valence-corrected chi connectivity index (χ1v) is 5.35. The van der Waals surface area contributed by atoms with Crippen molar-refractivity contribution in [3.63, 3.8) is 0 Å². The second-order valence-corrected chi connectivity index (χ2v) is 4.48. The molecule has 0 saturated carbocycles. The lowest BCUT2D eigenvalue weighted by Crippen LogP contribution is -2.07. The Labute approximate surface area is 83.7 Å². The first kappa shape index (κ1) is 12.5. The van der Waals surface area contributed by atoms with E-state index in [9.17, 15) is 0 Å². The Balaban J connectivity index is 3.94. The van der Waals surface area contributed by atoms with Gasteiger partial charge in [0, 0.05) is 0 Å². The number of allylic oxidation sites excluding steroid dienone is 4. The van der Waals surface area contributed by atoms with E-state index in [1.165, 1.54) is 18.4 Å². The zero-order valence-electron chi connectivity index (χ0n) is 9.85. The van der Waals surface area contributed by atoms with Crippen molar-refractivity contribution < 1.29 is 0 Å². The van der Waals surface area contributed by atoms with E-state index in [0.29, 0.717) is 5.41 Å². The number of hydrogen-bond acceptors (Lipinski definition) is 0. The van der Waals surface area contributed by atoms with E-state index in [1.54, 1.807) is 0 Å². The molecule has 13 heavy (non-hydrogen) atoms. The molecule has 0 rings (SSSR count). The molecule has 0 aromatic heterocycles. The van der Waals surface area contributed by atoms with Crippen LogP contribution in [0.2, 0.25) is 0 Å². The Morgan fingerprint density at radius 1 is 1.23 bits per heavy atom. The van der Waals surface area contributed by atoms with Crippen molar-refractivity contribution in [2.24, 2.45) is 5.41 Å². The van der Waals surface area contributed by atoms with Crippen molar-refractivity contribution >= 4 is 0 Å². The van der Waals surface area contributed by atoms with E-state index >= 15 is 0 Å². The molecule has 0 amide bonds. The molecule has 0 saturated heterocycles. The van der Waals surface area contributed by atoms with Gasteiger partial charge in [-0.3, -0.25) is 0 Å². The summed E-state index contributed by atoms with van der Waals surface area (Å²) in [6.07, 6.45) is 10.3. The quantitative estimate of drug-likeness (QED) is 0.537. The Bertz CT molecular complexity index is 182. The molecule has 0 nitrogen and oxygen atoms in total. The summed E-state index contributed by atoms with van der Waals surface area (Å²) in [5, 5.41) is 0. The minimum atomic E-state index is 0.461. The van der Waals surface area contributed by atoms with Gasteiger partial charge in [-0.25, -0.2) is 0 Å². The fourth-order valence-corrected chi connectivity index (χ4v) is 1.10. The molecule has 0 spiro atoms. The Morgan fingerprint density at radius 2 is 1.85 bits per heavy atom. The highest BCUT2D eigenvalue weighted by Gasteiger charge is 2.11. The monoisotopic (exact) mass is 180 g/mol. The molecule has 0 radical (unpaired) electrons. The van der Waals surface area contributed by atoms with Crippen LogP contribution in [0.25, 0.3) is 0 Å². The topological polar surface area (TPSA) is 0 Å². The first-order chi connectivity index (χ1) is 6.02. The molecule has 0 aliphatic heterocycles. The Hall–Kier alpha value is -0.520. The van der Waals surface area contributed by atoms with Gasteiger partial charge in [0.2, 0.25) is 0 Å². The standard InChI is InChI=1S/C13H24/c1-6-9-12(3)10-8-11-13(4,5)7-2/h8-10H,6-7,11H2,1-5H3/b10-8-,12-9-. The van der Waals surface area contributed by atoms with Crippen molar-refractivity contribution in [3.05, 3.63) is 23.8 Å². The Kier molecular flexibility index (Phi) is 5.77. The third-order valence-electron chi connectivity index (χ3n) is 2.53. The lowest BCUT2D eigenvalue weighted by molar-refractivity contribution is 0.357. The summed E-state index contributed by atoms with van der Waals surface area (Å²) in [6.45, 7) is 11.2. The minimum Gasteiger partial charge on any atom is -0.0838 e. The fraction of sp³-hybridized carbons (Fsp3) is 0.692. The summed E-state index contributed by atoms with van der Waals surface area (Å²) >= 11 is 0. The predicted molar refractivity (Wildman–Crippen MR) is 61.9 cm³/mol. The molecule has 0 bridgehead atoms. The van der Waals surface area contributed by atoms with Crippen LogP contribution in [0.5, 0.6) is 0 Å².